The molecule has 2 heterocycles. The van der Waals surface area contributed by atoms with Gasteiger partial charge < -0.3 is 18.6 Å². The van der Waals surface area contributed by atoms with E-state index in [-0.39, 0.29) is 23.7 Å². The van der Waals surface area contributed by atoms with E-state index in [4.69, 9.17) is 14.0 Å². The third kappa shape index (κ3) is 2.66. The highest BCUT2D eigenvalue weighted by atomic mass is 16.7. The highest BCUT2D eigenvalue weighted by Gasteiger charge is 2.52. The molecule has 2 aromatic rings. The van der Waals surface area contributed by atoms with Crippen LogP contribution < -0.4 is 5.46 Å². The van der Waals surface area contributed by atoms with Crippen molar-refractivity contribution in [2.45, 2.75) is 45.4 Å². The second-order valence-corrected chi connectivity index (χ2v) is 6.89. The van der Waals surface area contributed by atoms with Gasteiger partial charge in [0.15, 0.2) is 0 Å². The monoisotopic (exact) mass is 315 g/mol. The van der Waals surface area contributed by atoms with Crippen LogP contribution >= 0.6 is 0 Å². The smallest absolute Gasteiger partial charge is 0.468 e. The van der Waals surface area contributed by atoms with Crippen molar-refractivity contribution < 1.29 is 18.8 Å². The van der Waals surface area contributed by atoms with E-state index in [2.05, 4.69) is 0 Å². The Balaban J connectivity index is 1.99. The van der Waals surface area contributed by atoms with Gasteiger partial charge in [0.2, 0.25) is 0 Å². The molecule has 0 unspecified atom stereocenters. The van der Waals surface area contributed by atoms with Crippen LogP contribution in [0.25, 0.3) is 10.9 Å². The fourth-order valence-electron chi connectivity index (χ4n) is 2.76. The summed E-state index contributed by atoms with van der Waals surface area (Å²) in [5.74, 6) is -0.275. The van der Waals surface area contributed by atoms with Gasteiger partial charge in [0.25, 0.3) is 0 Å². The minimum Gasteiger partial charge on any atom is -0.468 e. The van der Waals surface area contributed by atoms with Crippen LogP contribution in [0.3, 0.4) is 0 Å². The molecule has 122 valence electrons. The standard InChI is InChI=1S/C17H22BNO4/c1-16(2)17(3,4)23-18(22-16)13-7-6-8-14-12(13)9-10-19(14)11-15(20)21-5/h6-10H,11H2,1-5H3. The predicted molar refractivity (Wildman–Crippen MR) is 89.7 cm³/mol. The van der Waals surface area contributed by atoms with Crippen molar-refractivity contribution in [3.8, 4) is 0 Å². The maximum absolute atomic E-state index is 11.5. The van der Waals surface area contributed by atoms with E-state index >= 15 is 0 Å². The summed E-state index contributed by atoms with van der Waals surface area (Å²) in [5, 5.41) is 1.02. The van der Waals surface area contributed by atoms with Crippen LogP contribution in [0.4, 0.5) is 0 Å². The normalized spacial score (nSPS) is 19.3. The second kappa shape index (κ2) is 5.39. The van der Waals surface area contributed by atoms with Gasteiger partial charge in [0, 0.05) is 11.7 Å². The summed E-state index contributed by atoms with van der Waals surface area (Å²) in [6, 6.07) is 7.93. The number of fused-ring (bicyclic) bond motifs is 1. The van der Waals surface area contributed by atoms with Gasteiger partial charge in [-0.05, 0) is 50.7 Å². The van der Waals surface area contributed by atoms with E-state index in [0.29, 0.717) is 0 Å². The Hall–Kier alpha value is -1.79. The topological polar surface area (TPSA) is 49.7 Å². The zero-order valence-corrected chi connectivity index (χ0v) is 14.3. The number of methoxy groups -OCH3 is 1. The van der Waals surface area contributed by atoms with Crippen LogP contribution in [0.5, 0.6) is 0 Å². The molecule has 3 rings (SSSR count). The van der Waals surface area contributed by atoms with Crippen LogP contribution in [0.15, 0.2) is 30.5 Å². The largest absolute Gasteiger partial charge is 0.495 e. The van der Waals surface area contributed by atoms with Crippen molar-refractivity contribution in [3.05, 3.63) is 30.5 Å². The number of carbonyl (C=O) groups excluding carboxylic acids is 1. The maximum Gasteiger partial charge on any atom is 0.495 e. The number of esters is 1. The fraction of sp³-hybridized carbons (Fsp3) is 0.471. The quantitative estimate of drug-likeness (QED) is 0.643. The number of carbonyl (C=O) groups is 1. The number of ether oxygens (including phenoxy) is 1. The lowest BCUT2D eigenvalue weighted by molar-refractivity contribution is -0.141. The van der Waals surface area contributed by atoms with Crippen molar-refractivity contribution in [2.24, 2.45) is 0 Å². The molecule has 5 nitrogen and oxygen atoms in total. The average molecular weight is 315 g/mol. The summed E-state index contributed by atoms with van der Waals surface area (Å²) in [6.45, 7) is 8.34. The highest BCUT2D eigenvalue weighted by molar-refractivity contribution is 6.65. The van der Waals surface area contributed by atoms with Gasteiger partial charge in [-0.2, -0.15) is 0 Å². The summed E-state index contributed by atoms with van der Waals surface area (Å²) in [4.78, 5) is 11.5. The first-order valence-electron chi connectivity index (χ1n) is 7.75. The molecule has 1 aromatic carbocycles. The molecule has 0 saturated carbocycles. The van der Waals surface area contributed by atoms with Crippen molar-refractivity contribution in [1.29, 1.82) is 0 Å². The Morgan fingerprint density at radius 2 is 1.83 bits per heavy atom. The summed E-state index contributed by atoms with van der Waals surface area (Å²) >= 11 is 0. The molecule has 0 radical (unpaired) electrons. The van der Waals surface area contributed by atoms with Crippen LogP contribution in [-0.2, 0) is 25.4 Å². The van der Waals surface area contributed by atoms with Crippen molar-refractivity contribution >= 4 is 29.5 Å². The maximum atomic E-state index is 11.5. The van der Waals surface area contributed by atoms with E-state index in [1.54, 1.807) is 0 Å². The lowest BCUT2D eigenvalue weighted by Gasteiger charge is -2.32. The van der Waals surface area contributed by atoms with Crippen molar-refractivity contribution in [2.75, 3.05) is 7.11 Å². The molecule has 1 aromatic heterocycles. The molecule has 0 bridgehead atoms. The summed E-state index contributed by atoms with van der Waals surface area (Å²) in [6.07, 6.45) is 1.89. The molecule has 1 fully saturated rings. The number of aromatic nitrogens is 1. The lowest BCUT2D eigenvalue weighted by atomic mass is 9.77. The minimum atomic E-state index is -0.419. The van der Waals surface area contributed by atoms with E-state index in [1.165, 1.54) is 7.11 Å². The average Bonchev–Trinajstić information content (AvgIpc) is 2.97. The second-order valence-electron chi connectivity index (χ2n) is 6.89. The highest BCUT2D eigenvalue weighted by Crippen LogP contribution is 2.37. The van der Waals surface area contributed by atoms with Crippen LogP contribution in [0.2, 0.25) is 0 Å². The third-order valence-electron chi connectivity index (χ3n) is 4.88. The summed E-state index contributed by atoms with van der Waals surface area (Å²) in [5.41, 5.74) is 1.18. The zero-order valence-electron chi connectivity index (χ0n) is 14.3. The fourth-order valence-corrected chi connectivity index (χ4v) is 2.76. The van der Waals surface area contributed by atoms with E-state index in [1.807, 2.05) is 62.7 Å². The molecule has 0 N–H and O–H groups in total. The van der Waals surface area contributed by atoms with E-state index in [9.17, 15) is 4.79 Å². The first-order valence-corrected chi connectivity index (χ1v) is 7.75. The molecular formula is C17H22BNO4. The number of rotatable bonds is 3. The molecule has 1 saturated heterocycles. The number of hydrogen-bond acceptors (Lipinski definition) is 4. The van der Waals surface area contributed by atoms with Crippen molar-refractivity contribution in [1.82, 2.24) is 4.57 Å². The van der Waals surface area contributed by atoms with Crippen molar-refractivity contribution in [3.63, 3.8) is 0 Å². The van der Waals surface area contributed by atoms with Gasteiger partial charge >= 0.3 is 13.1 Å². The Kier molecular flexibility index (Phi) is 3.77. The van der Waals surface area contributed by atoms with Gasteiger partial charge in [-0.3, -0.25) is 4.79 Å². The van der Waals surface area contributed by atoms with Gasteiger partial charge in [-0.25, -0.2) is 0 Å². The van der Waals surface area contributed by atoms with Crippen LogP contribution in [0.1, 0.15) is 27.7 Å². The summed E-state index contributed by atoms with van der Waals surface area (Å²) < 4.78 is 18.9. The lowest BCUT2D eigenvalue weighted by Crippen LogP contribution is -2.41. The molecule has 0 aliphatic carbocycles. The molecule has 0 atom stereocenters. The van der Waals surface area contributed by atoms with Gasteiger partial charge in [-0.1, -0.05) is 12.1 Å². The number of benzene rings is 1. The number of hydrogen-bond donors (Lipinski definition) is 0. The minimum absolute atomic E-state index is 0.187. The molecule has 1 aliphatic rings. The molecule has 1 aliphatic heterocycles. The van der Waals surface area contributed by atoms with Gasteiger partial charge in [0.05, 0.1) is 18.3 Å². The Bertz CT molecular complexity index is 734. The number of nitrogens with zero attached hydrogens (tertiary/aromatic N) is 1. The molecular weight excluding hydrogens is 293 g/mol. The molecule has 23 heavy (non-hydrogen) atoms. The zero-order chi connectivity index (χ0) is 16.8. The molecule has 6 heteroatoms. The Labute approximate surface area is 136 Å². The van der Waals surface area contributed by atoms with Gasteiger partial charge in [-0.15, -0.1) is 0 Å². The SMILES string of the molecule is COC(=O)Cn1ccc2c(B3OC(C)(C)C(C)(C)O3)cccc21. The summed E-state index contributed by atoms with van der Waals surface area (Å²) in [7, 11) is 0.974. The Morgan fingerprint density at radius 3 is 2.43 bits per heavy atom. The molecule has 0 amide bonds. The van der Waals surface area contributed by atoms with Crippen LogP contribution in [-0.4, -0.2) is 36.0 Å². The predicted octanol–water partition coefficient (Wildman–Crippen LogP) is 2.11. The first kappa shape index (κ1) is 16.1. The van der Waals surface area contributed by atoms with Crippen LogP contribution in [0, 0.1) is 0 Å². The third-order valence-corrected chi connectivity index (χ3v) is 4.88. The Morgan fingerprint density at radius 1 is 1.17 bits per heavy atom. The van der Waals surface area contributed by atoms with E-state index in [0.717, 1.165) is 16.4 Å². The first-order chi connectivity index (χ1) is 10.7. The molecule has 0 spiro atoms. The van der Waals surface area contributed by atoms with E-state index < -0.39 is 7.12 Å². The van der Waals surface area contributed by atoms with Gasteiger partial charge in [0.1, 0.15) is 6.54 Å².